The number of anilines is 1. The summed E-state index contributed by atoms with van der Waals surface area (Å²) >= 11 is 6.02. The van der Waals surface area contributed by atoms with Crippen LogP contribution in [0.2, 0.25) is 5.02 Å². The topological polar surface area (TPSA) is 67.2 Å². The van der Waals surface area contributed by atoms with Gasteiger partial charge in [-0.1, -0.05) is 68.1 Å². The van der Waals surface area contributed by atoms with E-state index in [4.69, 9.17) is 16.7 Å². The van der Waals surface area contributed by atoms with Gasteiger partial charge in [-0.15, -0.1) is 0 Å². The number of carbonyl (C=O) groups is 2. The van der Waals surface area contributed by atoms with E-state index in [2.05, 4.69) is 12.2 Å². The van der Waals surface area contributed by atoms with Gasteiger partial charge in [0.05, 0.1) is 11.7 Å². The highest BCUT2D eigenvalue weighted by Crippen LogP contribution is 2.30. The maximum atomic E-state index is 13.2. The average molecular weight is 451 g/mol. The lowest BCUT2D eigenvalue weighted by atomic mass is 10.0. The van der Waals surface area contributed by atoms with Crippen molar-refractivity contribution in [1.82, 2.24) is 14.7 Å². The summed E-state index contributed by atoms with van der Waals surface area (Å²) in [4.78, 5) is 27.5. The lowest BCUT2D eigenvalue weighted by Crippen LogP contribution is -2.46. The second-order valence-corrected chi connectivity index (χ2v) is 8.55. The predicted octanol–water partition coefficient (Wildman–Crippen LogP) is 5.42. The zero-order valence-corrected chi connectivity index (χ0v) is 18.9. The fourth-order valence-electron chi connectivity index (χ4n) is 4.05. The number of halogens is 1. The van der Waals surface area contributed by atoms with Crippen LogP contribution in [-0.2, 0) is 4.79 Å². The average Bonchev–Trinajstić information content (AvgIpc) is 3.24. The van der Waals surface area contributed by atoms with Crippen molar-refractivity contribution in [3.05, 3.63) is 71.4 Å². The zero-order chi connectivity index (χ0) is 22.5. The number of hydrogen-bond acceptors (Lipinski definition) is 3. The molecule has 4 rings (SSSR count). The molecule has 2 amide bonds. The number of benzene rings is 2. The number of hydrogen-bond donors (Lipinski definition) is 1. The summed E-state index contributed by atoms with van der Waals surface area (Å²) in [5.74, 6) is -0.379. The molecule has 6 nitrogen and oxygen atoms in total. The van der Waals surface area contributed by atoms with Crippen molar-refractivity contribution >= 4 is 29.1 Å². The molecular weight excluding hydrogens is 424 g/mol. The van der Waals surface area contributed by atoms with E-state index in [9.17, 15) is 9.59 Å². The van der Waals surface area contributed by atoms with Crippen LogP contribution in [0.5, 0.6) is 0 Å². The largest absolute Gasteiger partial charge is 0.326 e. The number of amides is 2. The maximum Gasteiger partial charge on any atom is 0.272 e. The van der Waals surface area contributed by atoms with Crippen molar-refractivity contribution in [2.75, 3.05) is 18.4 Å². The standard InChI is InChI=1S/C25H27ClN4O2/c1-2-3-5-10-21-16-29(17-24(31)27-20-8-6-4-7-9-20)25(32)23-15-22(28-30(21)23)18-11-13-19(26)14-12-18/h4,6-9,11-15,21H,2-3,5,10,16-17H2,1H3,(H,27,31). The molecule has 0 bridgehead atoms. The number of rotatable bonds is 8. The van der Waals surface area contributed by atoms with Gasteiger partial charge < -0.3 is 10.2 Å². The molecule has 0 aliphatic carbocycles. The van der Waals surface area contributed by atoms with Crippen LogP contribution in [0.25, 0.3) is 11.3 Å². The Kier molecular flexibility index (Phi) is 6.90. The number of carbonyl (C=O) groups excluding carboxylic acids is 2. The SMILES string of the molecule is CCCCCC1CN(CC(=O)Nc2ccccc2)C(=O)c2cc(-c3ccc(Cl)cc3)nn21. The monoisotopic (exact) mass is 450 g/mol. The second kappa shape index (κ2) is 10.0. The molecule has 1 aromatic heterocycles. The molecule has 32 heavy (non-hydrogen) atoms. The van der Waals surface area contributed by atoms with Gasteiger partial charge in [-0.2, -0.15) is 5.10 Å². The molecule has 166 valence electrons. The molecule has 0 spiro atoms. The lowest BCUT2D eigenvalue weighted by molar-refractivity contribution is -0.117. The Hall–Kier alpha value is -3.12. The van der Waals surface area contributed by atoms with Crippen molar-refractivity contribution in [3.63, 3.8) is 0 Å². The van der Waals surface area contributed by atoms with Crippen molar-refractivity contribution < 1.29 is 9.59 Å². The van der Waals surface area contributed by atoms with Gasteiger partial charge in [0.15, 0.2) is 0 Å². The Morgan fingerprint density at radius 1 is 1.12 bits per heavy atom. The summed E-state index contributed by atoms with van der Waals surface area (Å²) in [7, 11) is 0. The molecule has 7 heteroatoms. The molecule has 2 heterocycles. The van der Waals surface area contributed by atoms with Crippen LogP contribution in [0, 0.1) is 0 Å². The van der Waals surface area contributed by atoms with E-state index in [1.165, 1.54) is 0 Å². The number of nitrogens with zero attached hydrogens (tertiary/aromatic N) is 3. The molecule has 0 radical (unpaired) electrons. The molecule has 0 saturated heterocycles. The van der Waals surface area contributed by atoms with E-state index in [1.54, 1.807) is 4.90 Å². The number of unbranched alkanes of at least 4 members (excludes halogenated alkanes) is 2. The van der Waals surface area contributed by atoms with E-state index in [0.717, 1.165) is 42.6 Å². The molecule has 2 aromatic carbocycles. The molecular formula is C25H27ClN4O2. The van der Waals surface area contributed by atoms with Gasteiger partial charge in [0.25, 0.3) is 5.91 Å². The summed E-state index contributed by atoms with van der Waals surface area (Å²) < 4.78 is 1.85. The minimum atomic E-state index is -0.206. The van der Waals surface area contributed by atoms with E-state index in [-0.39, 0.29) is 24.4 Å². The molecule has 1 atom stereocenters. The van der Waals surface area contributed by atoms with Crippen molar-refractivity contribution in [1.29, 1.82) is 0 Å². The minimum absolute atomic E-state index is 0.0134. The van der Waals surface area contributed by atoms with Crippen LogP contribution in [0.1, 0.15) is 49.1 Å². The first-order chi connectivity index (χ1) is 15.5. The third kappa shape index (κ3) is 5.02. The highest BCUT2D eigenvalue weighted by atomic mass is 35.5. The zero-order valence-electron chi connectivity index (χ0n) is 18.1. The summed E-state index contributed by atoms with van der Waals surface area (Å²) in [5.41, 5.74) is 2.89. The molecule has 0 saturated carbocycles. The fourth-order valence-corrected chi connectivity index (χ4v) is 4.17. The molecule has 3 aromatic rings. The Balaban J connectivity index is 1.56. The fraction of sp³-hybridized carbons (Fsp3) is 0.320. The lowest BCUT2D eigenvalue weighted by Gasteiger charge is -2.33. The Morgan fingerprint density at radius 2 is 1.88 bits per heavy atom. The highest BCUT2D eigenvalue weighted by molar-refractivity contribution is 6.30. The van der Waals surface area contributed by atoms with E-state index in [1.807, 2.05) is 65.3 Å². The van der Waals surface area contributed by atoms with Gasteiger partial charge in [-0.3, -0.25) is 14.3 Å². The normalized spacial score (nSPS) is 15.5. The molecule has 1 aliphatic rings. The summed E-state index contributed by atoms with van der Waals surface area (Å²) in [6, 6.07) is 18.6. The van der Waals surface area contributed by atoms with Gasteiger partial charge in [-0.25, -0.2) is 0 Å². The number of fused-ring (bicyclic) bond motifs is 1. The van der Waals surface area contributed by atoms with Crippen molar-refractivity contribution in [2.45, 2.75) is 38.6 Å². The first kappa shape index (κ1) is 22.1. The van der Waals surface area contributed by atoms with Crippen LogP contribution in [0.4, 0.5) is 5.69 Å². The Labute approximate surface area is 193 Å². The van der Waals surface area contributed by atoms with Crippen molar-refractivity contribution in [2.24, 2.45) is 0 Å². The van der Waals surface area contributed by atoms with Crippen LogP contribution >= 0.6 is 11.6 Å². The van der Waals surface area contributed by atoms with Crippen LogP contribution in [0.15, 0.2) is 60.7 Å². The third-order valence-electron chi connectivity index (χ3n) is 5.69. The van der Waals surface area contributed by atoms with Crippen LogP contribution in [0.3, 0.4) is 0 Å². The van der Waals surface area contributed by atoms with E-state index in [0.29, 0.717) is 17.3 Å². The van der Waals surface area contributed by atoms with E-state index >= 15 is 0 Å². The van der Waals surface area contributed by atoms with Crippen LogP contribution < -0.4 is 5.32 Å². The van der Waals surface area contributed by atoms with Gasteiger partial charge in [0.2, 0.25) is 5.91 Å². The minimum Gasteiger partial charge on any atom is -0.326 e. The second-order valence-electron chi connectivity index (χ2n) is 8.12. The smallest absolute Gasteiger partial charge is 0.272 e. The molecule has 1 aliphatic heterocycles. The van der Waals surface area contributed by atoms with Gasteiger partial charge >= 0.3 is 0 Å². The summed E-state index contributed by atoms with van der Waals surface area (Å²) in [6.45, 7) is 2.65. The molecule has 0 fully saturated rings. The molecule has 1 unspecified atom stereocenters. The quantitative estimate of drug-likeness (QED) is 0.466. The van der Waals surface area contributed by atoms with Crippen molar-refractivity contribution in [3.8, 4) is 11.3 Å². The Bertz CT molecular complexity index is 1080. The van der Waals surface area contributed by atoms with Gasteiger partial charge in [0.1, 0.15) is 12.2 Å². The van der Waals surface area contributed by atoms with Crippen LogP contribution in [-0.4, -0.2) is 39.6 Å². The Morgan fingerprint density at radius 3 is 2.59 bits per heavy atom. The first-order valence-electron chi connectivity index (χ1n) is 11.0. The van der Waals surface area contributed by atoms with Gasteiger partial charge in [0, 0.05) is 22.8 Å². The van der Waals surface area contributed by atoms with E-state index < -0.39 is 0 Å². The number of nitrogens with one attached hydrogen (secondary N) is 1. The third-order valence-corrected chi connectivity index (χ3v) is 5.94. The van der Waals surface area contributed by atoms with Gasteiger partial charge in [-0.05, 0) is 36.8 Å². The number of aromatic nitrogens is 2. The molecule has 1 N–H and O–H groups in total. The first-order valence-corrected chi connectivity index (χ1v) is 11.4. The predicted molar refractivity (Wildman–Crippen MR) is 127 cm³/mol. The summed E-state index contributed by atoms with van der Waals surface area (Å²) in [5, 5.41) is 8.29. The summed E-state index contributed by atoms with van der Waals surface area (Å²) in [6.07, 6.45) is 4.21. The number of para-hydroxylation sites is 1. The highest BCUT2D eigenvalue weighted by Gasteiger charge is 2.33. The maximum absolute atomic E-state index is 13.2.